The van der Waals surface area contributed by atoms with Gasteiger partial charge in [0.2, 0.25) is 0 Å². The van der Waals surface area contributed by atoms with Gasteiger partial charge in [-0.05, 0) is 52.1 Å². The lowest BCUT2D eigenvalue weighted by atomic mass is 9.95. The van der Waals surface area contributed by atoms with Crippen LogP contribution in [0, 0.1) is 0 Å². The van der Waals surface area contributed by atoms with E-state index in [4.69, 9.17) is 10.8 Å². The first-order valence-corrected chi connectivity index (χ1v) is 7.73. The highest BCUT2D eigenvalue weighted by atomic mass is 16.3. The lowest BCUT2D eigenvalue weighted by molar-refractivity contribution is 0.134. The fourth-order valence-electron chi connectivity index (χ4n) is 2.94. The zero-order chi connectivity index (χ0) is 13.4. The average Bonchev–Trinajstić information content (AvgIpc) is 2.37. The van der Waals surface area contributed by atoms with Crippen LogP contribution in [0.15, 0.2) is 0 Å². The van der Waals surface area contributed by atoms with Crippen molar-refractivity contribution in [2.75, 3.05) is 19.7 Å². The predicted octanol–water partition coefficient (Wildman–Crippen LogP) is 2.52. The molecule has 0 aliphatic carbocycles. The van der Waals surface area contributed by atoms with Gasteiger partial charge in [0.25, 0.3) is 0 Å². The van der Waals surface area contributed by atoms with Crippen molar-refractivity contribution >= 4 is 0 Å². The van der Waals surface area contributed by atoms with Crippen molar-refractivity contribution in [2.24, 2.45) is 5.73 Å². The molecule has 2 atom stereocenters. The van der Waals surface area contributed by atoms with E-state index >= 15 is 0 Å². The topological polar surface area (TPSA) is 49.5 Å². The van der Waals surface area contributed by atoms with Crippen molar-refractivity contribution in [2.45, 2.75) is 76.8 Å². The van der Waals surface area contributed by atoms with E-state index in [1.54, 1.807) is 0 Å². The number of likely N-dealkylation sites (tertiary alicyclic amines) is 1. The number of unbranched alkanes of at least 4 members (excludes halogenated alkanes) is 1. The molecule has 1 rings (SSSR count). The van der Waals surface area contributed by atoms with Crippen molar-refractivity contribution in [3.05, 3.63) is 0 Å². The lowest BCUT2D eigenvalue weighted by Gasteiger charge is -2.36. The molecule has 3 heteroatoms. The first-order valence-electron chi connectivity index (χ1n) is 7.73. The molecular weight excluding hydrogens is 224 g/mol. The second-order valence-electron chi connectivity index (χ2n) is 6.24. The van der Waals surface area contributed by atoms with Crippen LogP contribution in [0.2, 0.25) is 0 Å². The Morgan fingerprint density at radius 3 is 2.78 bits per heavy atom. The highest BCUT2D eigenvalue weighted by Crippen LogP contribution is 2.21. The average molecular weight is 256 g/mol. The van der Waals surface area contributed by atoms with Crippen LogP contribution < -0.4 is 5.73 Å². The van der Waals surface area contributed by atoms with Crippen molar-refractivity contribution in [3.8, 4) is 0 Å². The number of hydrogen-bond acceptors (Lipinski definition) is 3. The first-order chi connectivity index (χ1) is 8.59. The summed E-state index contributed by atoms with van der Waals surface area (Å²) >= 11 is 0. The number of piperidine rings is 1. The standard InChI is InChI=1S/C15H32N2O/c1-3-8-14-9-4-6-11-17(14)12-7-5-10-15(2,16)13-18/h14,18H,3-13,16H2,1-2H3. The summed E-state index contributed by atoms with van der Waals surface area (Å²) in [6.45, 7) is 6.81. The molecule has 0 saturated carbocycles. The predicted molar refractivity (Wildman–Crippen MR) is 77.6 cm³/mol. The van der Waals surface area contributed by atoms with Crippen molar-refractivity contribution in [1.29, 1.82) is 0 Å². The molecule has 1 aliphatic rings. The van der Waals surface area contributed by atoms with Gasteiger partial charge in [-0.15, -0.1) is 0 Å². The molecule has 3 nitrogen and oxygen atoms in total. The summed E-state index contributed by atoms with van der Waals surface area (Å²) in [4.78, 5) is 2.68. The molecule has 0 amide bonds. The van der Waals surface area contributed by atoms with E-state index in [0.717, 1.165) is 18.9 Å². The fraction of sp³-hybridized carbons (Fsp3) is 1.00. The van der Waals surface area contributed by atoms with Crippen LogP contribution in [0.1, 0.15) is 65.2 Å². The third-order valence-electron chi connectivity index (χ3n) is 4.18. The Bertz CT molecular complexity index is 217. The Morgan fingerprint density at radius 1 is 1.33 bits per heavy atom. The molecule has 3 N–H and O–H groups in total. The van der Waals surface area contributed by atoms with Crippen molar-refractivity contribution in [1.82, 2.24) is 4.90 Å². The Morgan fingerprint density at radius 2 is 2.11 bits per heavy atom. The number of nitrogens with two attached hydrogens (primary N) is 1. The molecule has 0 aromatic rings. The SMILES string of the molecule is CCCC1CCCCN1CCCCC(C)(N)CO. The molecule has 1 heterocycles. The monoisotopic (exact) mass is 256 g/mol. The summed E-state index contributed by atoms with van der Waals surface area (Å²) in [6, 6.07) is 0.825. The Hall–Kier alpha value is -0.120. The quantitative estimate of drug-likeness (QED) is 0.656. The maximum Gasteiger partial charge on any atom is 0.0608 e. The van der Waals surface area contributed by atoms with Gasteiger partial charge < -0.3 is 15.7 Å². The van der Waals surface area contributed by atoms with Gasteiger partial charge >= 0.3 is 0 Å². The second kappa shape index (κ2) is 8.13. The number of aliphatic hydroxyl groups excluding tert-OH is 1. The number of aliphatic hydroxyl groups is 1. The number of rotatable bonds is 8. The van der Waals surface area contributed by atoms with Gasteiger partial charge in [0.1, 0.15) is 0 Å². The van der Waals surface area contributed by atoms with E-state index in [9.17, 15) is 0 Å². The van der Waals surface area contributed by atoms with Crippen LogP contribution in [0.5, 0.6) is 0 Å². The maximum absolute atomic E-state index is 9.12. The van der Waals surface area contributed by atoms with E-state index in [1.165, 1.54) is 51.6 Å². The summed E-state index contributed by atoms with van der Waals surface area (Å²) in [7, 11) is 0. The Labute approximate surface area is 113 Å². The van der Waals surface area contributed by atoms with E-state index < -0.39 is 0 Å². The number of hydrogen-bond donors (Lipinski definition) is 2. The summed E-state index contributed by atoms with van der Waals surface area (Å²) in [6.07, 6.45) is 10.1. The van der Waals surface area contributed by atoms with Crippen LogP contribution >= 0.6 is 0 Å². The summed E-state index contributed by atoms with van der Waals surface area (Å²) < 4.78 is 0. The van der Waals surface area contributed by atoms with Gasteiger partial charge in [-0.3, -0.25) is 0 Å². The van der Waals surface area contributed by atoms with Crippen LogP contribution in [0.4, 0.5) is 0 Å². The third-order valence-corrected chi connectivity index (χ3v) is 4.18. The third kappa shape index (κ3) is 5.68. The summed E-state index contributed by atoms with van der Waals surface area (Å²) in [5.74, 6) is 0. The van der Waals surface area contributed by atoms with E-state index in [-0.39, 0.29) is 12.1 Å². The summed E-state index contributed by atoms with van der Waals surface area (Å²) in [5, 5.41) is 9.12. The minimum absolute atomic E-state index is 0.0924. The van der Waals surface area contributed by atoms with Crippen LogP contribution in [-0.2, 0) is 0 Å². The molecule has 0 aromatic carbocycles. The van der Waals surface area contributed by atoms with E-state index in [2.05, 4.69) is 11.8 Å². The van der Waals surface area contributed by atoms with Crippen molar-refractivity contribution < 1.29 is 5.11 Å². The molecule has 108 valence electrons. The van der Waals surface area contributed by atoms with E-state index in [1.807, 2.05) is 6.92 Å². The number of nitrogens with zero attached hydrogens (tertiary/aromatic N) is 1. The molecule has 0 radical (unpaired) electrons. The van der Waals surface area contributed by atoms with Gasteiger partial charge in [0, 0.05) is 11.6 Å². The molecule has 2 unspecified atom stereocenters. The van der Waals surface area contributed by atoms with Crippen molar-refractivity contribution in [3.63, 3.8) is 0 Å². The Kier molecular flexibility index (Phi) is 7.20. The minimum atomic E-state index is -0.384. The lowest BCUT2D eigenvalue weighted by Crippen LogP contribution is -2.41. The van der Waals surface area contributed by atoms with Gasteiger partial charge in [-0.2, -0.15) is 0 Å². The van der Waals surface area contributed by atoms with E-state index in [0.29, 0.717) is 0 Å². The molecule has 0 aromatic heterocycles. The maximum atomic E-state index is 9.12. The van der Waals surface area contributed by atoms with Crippen LogP contribution in [0.25, 0.3) is 0 Å². The molecule has 1 fully saturated rings. The normalized spacial score (nSPS) is 25.0. The minimum Gasteiger partial charge on any atom is -0.394 e. The molecular formula is C15H32N2O. The zero-order valence-electron chi connectivity index (χ0n) is 12.3. The van der Waals surface area contributed by atoms with Gasteiger partial charge in [-0.25, -0.2) is 0 Å². The zero-order valence-corrected chi connectivity index (χ0v) is 12.3. The molecule has 18 heavy (non-hydrogen) atoms. The highest BCUT2D eigenvalue weighted by molar-refractivity contribution is 4.79. The smallest absolute Gasteiger partial charge is 0.0608 e. The van der Waals surface area contributed by atoms with Gasteiger partial charge in [-0.1, -0.05) is 26.2 Å². The molecule has 1 saturated heterocycles. The molecule has 0 bridgehead atoms. The summed E-state index contributed by atoms with van der Waals surface area (Å²) in [5.41, 5.74) is 5.56. The van der Waals surface area contributed by atoms with Gasteiger partial charge in [0.15, 0.2) is 0 Å². The fourth-order valence-corrected chi connectivity index (χ4v) is 2.94. The Balaban J connectivity index is 2.20. The molecule has 1 aliphatic heterocycles. The molecule has 0 spiro atoms. The highest BCUT2D eigenvalue weighted by Gasteiger charge is 2.21. The first kappa shape index (κ1) is 15.9. The van der Waals surface area contributed by atoms with Crippen LogP contribution in [0.3, 0.4) is 0 Å². The van der Waals surface area contributed by atoms with Gasteiger partial charge in [0.05, 0.1) is 6.61 Å². The largest absolute Gasteiger partial charge is 0.394 e. The van der Waals surface area contributed by atoms with Crippen LogP contribution in [-0.4, -0.2) is 41.3 Å². The second-order valence-corrected chi connectivity index (χ2v) is 6.24.